The van der Waals surface area contributed by atoms with E-state index >= 15 is 0 Å². The monoisotopic (exact) mass is 246 g/mol. The zero-order valence-electron chi connectivity index (χ0n) is 9.68. The van der Waals surface area contributed by atoms with Crippen LogP contribution in [0, 0.1) is 6.92 Å². The highest BCUT2D eigenvalue weighted by Crippen LogP contribution is 2.30. The van der Waals surface area contributed by atoms with E-state index in [9.17, 15) is 0 Å². The molecule has 5 heteroatoms. The predicted molar refractivity (Wildman–Crippen MR) is 69.8 cm³/mol. The van der Waals surface area contributed by atoms with Crippen molar-refractivity contribution in [2.24, 2.45) is 0 Å². The van der Waals surface area contributed by atoms with Crippen molar-refractivity contribution in [3.8, 4) is 0 Å². The van der Waals surface area contributed by atoms with Gasteiger partial charge >= 0.3 is 0 Å². The summed E-state index contributed by atoms with van der Waals surface area (Å²) in [6.07, 6.45) is 0. The fourth-order valence-electron chi connectivity index (χ4n) is 2.05. The minimum absolute atomic E-state index is 0.847. The number of rotatable bonds is 1. The van der Waals surface area contributed by atoms with Gasteiger partial charge < -0.3 is 10.2 Å². The number of hydrogen-bond acceptors (Lipinski definition) is 5. The number of hydrogen-bond donors (Lipinski definition) is 1. The van der Waals surface area contributed by atoms with Crippen molar-refractivity contribution in [2.45, 2.75) is 13.5 Å². The molecule has 0 aliphatic carbocycles. The molecule has 17 heavy (non-hydrogen) atoms. The van der Waals surface area contributed by atoms with Crippen molar-refractivity contribution in [1.82, 2.24) is 14.7 Å². The van der Waals surface area contributed by atoms with Crippen LogP contribution in [0.15, 0.2) is 24.3 Å². The summed E-state index contributed by atoms with van der Waals surface area (Å²) in [6, 6.07) is 8.47. The van der Waals surface area contributed by atoms with Crippen molar-refractivity contribution in [1.29, 1.82) is 0 Å². The highest BCUT2D eigenvalue weighted by molar-refractivity contribution is 7.09. The van der Waals surface area contributed by atoms with Crippen LogP contribution < -0.4 is 10.2 Å². The Kier molecular flexibility index (Phi) is 2.78. The van der Waals surface area contributed by atoms with E-state index in [0.29, 0.717) is 0 Å². The molecule has 88 valence electrons. The maximum Gasteiger partial charge on any atom is 0.209 e. The van der Waals surface area contributed by atoms with Gasteiger partial charge in [-0.3, -0.25) is 0 Å². The van der Waals surface area contributed by atoms with Crippen LogP contribution >= 0.6 is 11.5 Å². The summed E-state index contributed by atoms with van der Waals surface area (Å²) >= 11 is 1.47. The molecule has 2 heterocycles. The summed E-state index contributed by atoms with van der Waals surface area (Å²) < 4.78 is 4.26. The van der Waals surface area contributed by atoms with Gasteiger partial charge in [0.05, 0.1) is 0 Å². The number of benzene rings is 1. The highest BCUT2D eigenvalue weighted by atomic mass is 32.1. The minimum Gasteiger partial charge on any atom is -0.315 e. The van der Waals surface area contributed by atoms with E-state index < -0.39 is 0 Å². The molecule has 1 aromatic carbocycles. The number of para-hydroxylation sites is 1. The quantitative estimate of drug-likeness (QED) is 0.836. The first-order chi connectivity index (χ1) is 8.34. The van der Waals surface area contributed by atoms with Gasteiger partial charge in [-0.25, -0.2) is 4.98 Å². The first-order valence-electron chi connectivity index (χ1n) is 5.71. The van der Waals surface area contributed by atoms with Crippen LogP contribution in [0.1, 0.15) is 11.4 Å². The van der Waals surface area contributed by atoms with Crippen LogP contribution in [-0.4, -0.2) is 22.4 Å². The molecule has 1 aliphatic heterocycles. The normalized spacial score (nSPS) is 15.5. The highest BCUT2D eigenvalue weighted by Gasteiger charge is 2.18. The summed E-state index contributed by atoms with van der Waals surface area (Å²) in [7, 11) is 0. The van der Waals surface area contributed by atoms with Crippen molar-refractivity contribution < 1.29 is 0 Å². The Morgan fingerprint density at radius 2 is 2.24 bits per heavy atom. The summed E-state index contributed by atoms with van der Waals surface area (Å²) in [5.74, 6) is 0.847. The van der Waals surface area contributed by atoms with Crippen molar-refractivity contribution in [3.05, 3.63) is 35.7 Å². The van der Waals surface area contributed by atoms with Gasteiger partial charge in [-0.1, -0.05) is 18.2 Å². The molecule has 0 unspecified atom stereocenters. The van der Waals surface area contributed by atoms with E-state index in [1.54, 1.807) is 0 Å². The molecule has 1 aromatic heterocycles. The SMILES string of the molecule is Cc1nsc(N2CCNCc3ccccc32)n1. The molecule has 1 N–H and O–H groups in total. The number of nitrogens with zero attached hydrogens (tertiary/aromatic N) is 3. The van der Waals surface area contributed by atoms with E-state index in [2.05, 4.69) is 43.8 Å². The Morgan fingerprint density at radius 3 is 3.06 bits per heavy atom. The van der Waals surface area contributed by atoms with Crippen LogP contribution in [0.5, 0.6) is 0 Å². The van der Waals surface area contributed by atoms with Crippen LogP contribution in [0.25, 0.3) is 0 Å². The lowest BCUT2D eigenvalue weighted by Gasteiger charge is -2.20. The Labute approximate surface area is 104 Å². The van der Waals surface area contributed by atoms with Gasteiger partial charge in [-0.05, 0) is 18.6 Å². The van der Waals surface area contributed by atoms with Crippen LogP contribution in [-0.2, 0) is 6.54 Å². The zero-order chi connectivity index (χ0) is 11.7. The molecule has 0 amide bonds. The molecule has 1 aliphatic rings. The standard InChI is InChI=1S/C12H14N4S/c1-9-14-12(17-15-9)16-7-6-13-8-10-4-2-3-5-11(10)16/h2-5,13H,6-8H2,1H3. The molecule has 0 saturated carbocycles. The number of fused-ring (bicyclic) bond motifs is 1. The van der Waals surface area contributed by atoms with Gasteiger partial charge in [0.15, 0.2) is 0 Å². The summed E-state index contributed by atoms with van der Waals surface area (Å²) in [6.45, 7) is 4.76. The van der Waals surface area contributed by atoms with Crippen LogP contribution in [0.3, 0.4) is 0 Å². The van der Waals surface area contributed by atoms with Gasteiger partial charge in [0, 0.05) is 36.9 Å². The van der Waals surface area contributed by atoms with Gasteiger partial charge in [-0.2, -0.15) is 4.37 Å². The molecule has 2 aromatic rings. The lowest BCUT2D eigenvalue weighted by molar-refractivity contribution is 0.712. The molecule has 0 atom stereocenters. The Bertz CT molecular complexity index is 523. The second-order valence-corrected chi connectivity index (χ2v) is 4.81. The smallest absolute Gasteiger partial charge is 0.209 e. The van der Waals surface area contributed by atoms with Crippen molar-refractivity contribution in [2.75, 3.05) is 18.0 Å². The lowest BCUT2D eigenvalue weighted by atomic mass is 10.1. The van der Waals surface area contributed by atoms with Gasteiger partial charge in [0.1, 0.15) is 5.82 Å². The van der Waals surface area contributed by atoms with Crippen LogP contribution in [0.2, 0.25) is 0 Å². The molecule has 4 nitrogen and oxygen atoms in total. The molecule has 3 rings (SSSR count). The fourth-order valence-corrected chi connectivity index (χ4v) is 2.77. The van der Waals surface area contributed by atoms with Gasteiger partial charge in [0.25, 0.3) is 0 Å². The van der Waals surface area contributed by atoms with E-state index in [0.717, 1.165) is 30.6 Å². The maximum absolute atomic E-state index is 4.48. The second kappa shape index (κ2) is 4.43. The molecule has 0 radical (unpaired) electrons. The first kappa shape index (κ1) is 10.7. The Morgan fingerprint density at radius 1 is 1.35 bits per heavy atom. The number of aromatic nitrogens is 2. The van der Waals surface area contributed by atoms with E-state index in [1.807, 2.05) is 6.92 Å². The maximum atomic E-state index is 4.48. The van der Waals surface area contributed by atoms with Crippen LogP contribution in [0.4, 0.5) is 10.8 Å². The average Bonchev–Trinajstić information content (AvgIpc) is 2.66. The Balaban J connectivity index is 2.05. The van der Waals surface area contributed by atoms with Crippen molar-refractivity contribution >= 4 is 22.4 Å². The van der Waals surface area contributed by atoms with Gasteiger partial charge in [-0.15, -0.1) is 0 Å². The summed E-state index contributed by atoms with van der Waals surface area (Å²) in [4.78, 5) is 6.73. The van der Waals surface area contributed by atoms with E-state index in [1.165, 1.54) is 22.8 Å². The predicted octanol–water partition coefficient (Wildman–Crippen LogP) is 2.09. The Hall–Kier alpha value is -1.46. The minimum atomic E-state index is 0.847. The van der Waals surface area contributed by atoms with E-state index in [4.69, 9.17) is 0 Å². The third kappa shape index (κ3) is 2.03. The molecule has 0 fully saturated rings. The number of nitrogens with one attached hydrogen (secondary N) is 1. The number of aryl methyl sites for hydroxylation is 1. The van der Waals surface area contributed by atoms with Gasteiger partial charge in [0.2, 0.25) is 5.13 Å². The van der Waals surface area contributed by atoms with Crippen molar-refractivity contribution in [3.63, 3.8) is 0 Å². The first-order valence-corrected chi connectivity index (χ1v) is 6.48. The average molecular weight is 246 g/mol. The molecule has 0 spiro atoms. The van der Waals surface area contributed by atoms with E-state index in [-0.39, 0.29) is 0 Å². The summed E-state index contributed by atoms with van der Waals surface area (Å²) in [5.41, 5.74) is 2.56. The molecule has 0 bridgehead atoms. The molecule has 0 saturated heterocycles. The molecular formula is C12H14N4S. The molecular weight excluding hydrogens is 232 g/mol. The largest absolute Gasteiger partial charge is 0.315 e. The fraction of sp³-hybridized carbons (Fsp3) is 0.333. The lowest BCUT2D eigenvalue weighted by Crippen LogP contribution is -2.24. The number of anilines is 2. The third-order valence-corrected chi connectivity index (χ3v) is 3.69. The second-order valence-electron chi connectivity index (χ2n) is 4.08. The zero-order valence-corrected chi connectivity index (χ0v) is 10.5. The topological polar surface area (TPSA) is 41.1 Å². The summed E-state index contributed by atoms with van der Waals surface area (Å²) in [5, 5.41) is 4.41. The third-order valence-electron chi connectivity index (χ3n) is 2.86.